The Hall–Kier alpha value is -2.07. The second-order valence-electron chi connectivity index (χ2n) is 8.23. The predicted octanol–water partition coefficient (Wildman–Crippen LogP) is 4.39. The Morgan fingerprint density at radius 1 is 1.15 bits per heavy atom. The predicted molar refractivity (Wildman–Crippen MR) is 130 cm³/mol. The van der Waals surface area contributed by atoms with Gasteiger partial charge >= 0.3 is 0 Å². The third-order valence-corrected chi connectivity index (χ3v) is 9.06. The molecule has 9 heteroatoms. The summed E-state index contributed by atoms with van der Waals surface area (Å²) in [4.78, 5) is 14.1. The monoisotopic (exact) mass is 490 g/mol. The van der Waals surface area contributed by atoms with Crippen LogP contribution in [0.5, 0.6) is 5.75 Å². The lowest BCUT2D eigenvalue weighted by Gasteiger charge is -2.26. The van der Waals surface area contributed by atoms with Crippen LogP contribution in [-0.2, 0) is 14.8 Å². The van der Waals surface area contributed by atoms with E-state index in [-0.39, 0.29) is 22.7 Å². The molecular weight excluding hydrogens is 460 g/mol. The standard InChI is InChI=1S/C24H30N2O5S2/c1-30-21-12-11-18(16-23(21)33(28,29)26-13-5-2-6-14-26)25-24(27)20-9-3-4-10-22(20)32-17-19-8-7-15-31-19/h3-4,9-12,16,19H,2,5-8,13-15,17H2,1H3,(H,25,27)/t19-/m0/s1. The highest BCUT2D eigenvalue weighted by Gasteiger charge is 2.29. The summed E-state index contributed by atoms with van der Waals surface area (Å²) in [5, 5.41) is 2.87. The normalized spacial score (nSPS) is 19.4. The Bertz CT molecular complexity index is 1080. The number of nitrogens with one attached hydrogen (secondary N) is 1. The molecule has 2 aromatic carbocycles. The molecule has 0 bridgehead atoms. The number of methoxy groups -OCH3 is 1. The van der Waals surface area contributed by atoms with Crippen molar-refractivity contribution >= 4 is 33.4 Å². The fraction of sp³-hybridized carbons (Fsp3) is 0.458. The van der Waals surface area contributed by atoms with Gasteiger partial charge in [0.15, 0.2) is 0 Å². The first-order valence-corrected chi connectivity index (χ1v) is 13.7. The molecule has 178 valence electrons. The molecule has 0 spiro atoms. The molecule has 33 heavy (non-hydrogen) atoms. The number of rotatable bonds is 8. The first kappa shape index (κ1) is 24.1. The number of carbonyl (C=O) groups excluding carboxylic acids is 1. The second-order valence-corrected chi connectivity index (χ2v) is 11.2. The first-order valence-electron chi connectivity index (χ1n) is 11.3. The Kier molecular flexibility index (Phi) is 7.95. The number of nitrogens with zero attached hydrogens (tertiary/aromatic N) is 1. The number of benzene rings is 2. The number of hydrogen-bond donors (Lipinski definition) is 1. The molecule has 2 saturated heterocycles. The average Bonchev–Trinajstić information content (AvgIpc) is 3.37. The van der Waals surface area contributed by atoms with Crippen molar-refractivity contribution < 1.29 is 22.7 Å². The van der Waals surface area contributed by atoms with Crippen LogP contribution in [0.3, 0.4) is 0 Å². The first-order chi connectivity index (χ1) is 16.0. The molecule has 0 aliphatic carbocycles. The van der Waals surface area contributed by atoms with E-state index in [4.69, 9.17) is 9.47 Å². The van der Waals surface area contributed by atoms with Crippen LogP contribution < -0.4 is 10.1 Å². The zero-order valence-corrected chi connectivity index (χ0v) is 20.4. The highest BCUT2D eigenvalue weighted by atomic mass is 32.2. The van der Waals surface area contributed by atoms with Gasteiger partial charge in [-0.05, 0) is 56.0 Å². The molecule has 2 aliphatic heterocycles. The number of amides is 1. The van der Waals surface area contributed by atoms with Gasteiger partial charge in [0, 0.05) is 36.0 Å². The van der Waals surface area contributed by atoms with E-state index < -0.39 is 10.0 Å². The lowest BCUT2D eigenvalue weighted by Crippen LogP contribution is -2.35. The molecule has 0 radical (unpaired) electrons. The highest BCUT2D eigenvalue weighted by Crippen LogP contribution is 2.32. The largest absolute Gasteiger partial charge is 0.495 e. The molecule has 2 heterocycles. The van der Waals surface area contributed by atoms with E-state index in [1.807, 2.05) is 18.2 Å². The van der Waals surface area contributed by atoms with Crippen LogP contribution in [0.1, 0.15) is 42.5 Å². The minimum absolute atomic E-state index is 0.0748. The highest BCUT2D eigenvalue weighted by molar-refractivity contribution is 7.99. The molecule has 2 fully saturated rings. The van der Waals surface area contributed by atoms with Crippen LogP contribution in [0.2, 0.25) is 0 Å². The second kappa shape index (κ2) is 10.9. The van der Waals surface area contributed by atoms with E-state index in [0.717, 1.165) is 49.4 Å². The van der Waals surface area contributed by atoms with Gasteiger partial charge in [0.25, 0.3) is 5.91 Å². The third-order valence-electron chi connectivity index (χ3n) is 5.93. The molecule has 4 rings (SSSR count). The minimum Gasteiger partial charge on any atom is -0.495 e. The fourth-order valence-corrected chi connectivity index (χ4v) is 6.96. The number of ether oxygens (including phenoxy) is 2. The van der Waals surface area contributed by atoms with Gasteiger partial charge in [-0.3, -0.25) is 4.79 Å². The van der Waals surface area contributed by atoms with Crippen LogP contribution >= 0.6 is 11.8 Å². The Morgan fingerprint density at radius 2 is 1.94 bits per heavy atom. The van der Waals surface area contributed by atoms with Crippen LogP contribution in [0.15, 0.2) is 52.3 Å². The Labute approximate surface area is 199 Å². The van der Waals surface area contributed by atoms with Gasteiger partial charge in [0.2, 0.25) is 10.0 Å². The summed E-state index contributed by atoms with van der Waals surface area (Å²) in [5.74, 6) is 0.786. The number of hydrogen-bond acceptors (Lipinski definition) is 6. The van der Waals surface area contributed by atoms with Gasteiger partial charge < -0.3 is 14.8 Å². The van der Waals surface area contributed by atoms with Gasteiger partial charge in [0.05, 0.1) is 18.8 Å². The van der Waals surface area contributed by atoms with Crippen LogP contribution in [-0.4, -0.2) is 57.3 Å². The molecule has 2 aliphatic rings. The molecular formula is C24H30N2O5S2. The van der Waals surface area contributed by atoms with E-state index in [1.165, 1.54) is 17.5 Å². The van der Waals surface area contributed by atoms with E-state index in [0.29, 0.717) is 24.3 Å². The summed E-state index contributed by atoms with van der Waals surface area (Å²) >= 11 is 1.61. The quantitative estimate of drug-likeness (QED) is 0.553. The lowest BCUT2D eigenvalue weighted by atomic mass is 10.2. The van der Waals surface area contributed by atoms with Gasteiger partial charge in [-0.1, -0.05) is 18.6 Å². The lowest BCUT2D eigenvalue weighted by molar-refractivity contribution is 0.102. The summed E-state index contributed by atoms with van der Waals surface area (Å²) in [6.07, 6.45) is 5.06. The molecule has 0 aromatic heterocycles. The van der Waals surface area contributed by atoms with E-state index in [2.05, 4.69) is 5.32 Å². The molecule has 0 unspecified atom stereocenters. The van der Waals surface area contributed by atoms with Crippen molar-refractivity contribution in [2.24, 2.45) is 0 Å². The third kappa shape index (κ3) is 5.71. The SMILES string of the molecule is COc1ccc(NC(=O)c2ccccc2SC[C@@H]2CCCO2)cc1S(=O)(=O)N1CCCCC1. The maximum Gasteiger partial charge on any atom is 0.256 e. The maximum absolute atomic E-state index is 13.3. The molecule has 1 N–H and O–H groups in total. The zero-order chi connectivity index (χ0) is 23.3. The summed E-state index contributed by atoms with van der Waals surface area (Å²) < 4.78 is 39.0. The molecule has 0 saturated carbocycles. The summed E-state index contributed by atoms with van der Waals surface area (Å²) in [5.41, 5.74) is 0.965. The Balaban J connectivity index is 1.53. The van der Waals surface area contributed by atoms with Gasteiger partial charge in [0.1, 0.15) is 10.6 Å². The summed E-state index contributed by atoms with van der Waals surface area (Å²) in [6, 6.07) is 12.2. The molecule has 2 aromatic rings. The summed E-state index contributed by atoms with van der Waals surface area (Å²) in [6.45, 7) is 1.79. The van der Waals surface area contributed by atoms with E-state index in [1.54, 1.807) is 30.0 Å². The number of carbonyl (C=O) groups is 1. The average molecular weight is 491 g/mol. The van der Waals surface area contributed by atoms with E-state index >= 15 is 0 Å². The number of piperidine rings is 1. The van der Waals surface area contributed by atoms with Crippen molar-refractivity contribution in [3.63, 3.8) is 0 Å². The van der Waals surface area contributed by atoms with E-state index in [9.17, 15) is 13.2 Å². The van der Waals surface area contributed by atoms with Crippen LogP contribution in [0.4, 0.5) is 5.69 Å². The van der Waals surface area contributed by atoms with Crippen molar-refractivity contribution in [2.75, 3.05) is 37.9 Å². The van der Waals surface area contributed by atoms with Crippen LogP contribution in [0, 0.1) is 0 Å². The maximum atomic E-state index is 13.3. The minimum atomic E-state index is -3.71. The molecule has 1 atom stereocenters. The Morgan fingerprint density at radius 3 is 2.67 bits per heavy atom. The molecule has 1 amide bonds. The fourth-order valence-electron chi connectivity index (χ4n) is 4.14. The van der Waals surface area contributed by atoms with Crippen molar-refractivity contribution in [3.05, 3.63) is 48.0 Å². The zero-order valence-electron chi connectivity index (χ0n) is 18.8. The summed E-state index contributed by atoms with van der Waals surface area (Å²) in [7, 11) is -2.27. The van der Waals surface area contributed by atoms with Crippen molar-refractivity contribution in [3.8, 4) is 5.75 Å². The van der Waals surface area contributed by atoms with Crippen molar-refractivity contribution in [2.45, 2.75) is 48.0 Å². The topological polar surface area (TPSA) is 84.9 Å². The van der Waals surface area contributed by atoms with Gasteiger partial charge in [-0.15, -0.1) is 11.8 Å². The number of sulfonamides is 1. The smallest absolute Gasteiger partial charge is 0.256 e. The van der Waals surface area contributed by atoms with Gasteiger partial charge in [-0.2, -0.15) is 4.31 Å². The molecule has 7 nitrogen and oxygen atoms in total. The van der Waals surface area contributed by atoms with Crippen molar-refractivity contribution in [1.82, 2.24) is 4.31 Å². The van der Waals surface area contributed by atoms with Crippen LogP contribution in [0.25, 0.3) is 0 Å². The number of thioether (sulfide) groups is 1. The van der Waals surface area contributed by atoms with Gasteiger partial charge in [-0.25, -0.2) is 8.42 Å². The number of anilines is 1. The van der Waals surface area contributed by atoms with Crippen molar-refractivity contribution in [1.29, 1.82) is 0 Å².